The molecular weight excluding hydrogens is 607 g/mol. The maximum atomic E-state index is 12.5. The molecule has 2 aliphatic heterocycles. The van der Waals surface area contributed by atoms with Gasteiger partial charge in [0.1, 0.15) is 34.5 Å². The van der Waals surface area contributed by atoms with Crippen LogP contribution in [0.1, 0.15) is 53.3 Å². The van der Waals surface area contributed by atoms with Crippen LogP contribution in [-0.4, -0.2) is 48.7 Å². The number of ether oxygens (including phenoxy) is 2. The van der Waals surface area contributed by atoms with Gasteiger partial charge >= 0.3 is 41.5 Å². The first-order chi connectivity index (χ1) is 21.1. The quantitative estimate of drug-likeness (QED) is 0.111. The minimum Gasteiger partial charge on any atom is -0.870 e. The monoisotopic (exact) mass is 630 g/mol. The number of fused-ring (bicyclic) bond motifs is 6. The number of carbonyl (C=O) groups excluding carboxylic acids is 2. The fourth-order valence-corrected chi connectivity index (χ4v) is 5.38. The van der Waals surface area contributed by atoms with Crippen molar-refractivity contribution in [2.45, 2.75) is 5.60 Å². The van der Waals surface area contributed by atoms with E-state index < -0.39 is 29.1 Å². The van der Waals surface area contributed by atoms with E-state index in [1.54, 1.807) is 24.3 Å². The predicted octanol–water partition coefficient (Wildman–Crippen LogP) is 2.52. The molecule has 0 saturated heterocycles. The van der Waals surface area contributed by atoms with E-state index in [0.717, 1.165) is 6.07 Å². The smallest absolute Gasteiger partial charge is 0.870 e. The number of phenolic OH excluding ortho intramolecular Hbond substituents is 4. The third-order valence-corrected chi connectivity index (χ3v) is 7.31. The van der Waals surface area contributed by atoms with Crippen LogP contribution in [0.5, 0.6) is 34.5 Å². The van der Waals surface area contributed by atoms with Crippen LogP contribution in [0.3, 0.4) is 0 Å². The Morgan fingerprint density at radius 2 is 1.13 bits per heavy atom. The van der Waals surface area contributed by atoms with E-state index >= 15 is 0 Å². The first-order valence-electron chi connectivity index (χ1n) is 13.2. The molecule has 0 amide bonds. The maximum absolute atomic E-state index is 12.5. The number of hydrogen-bond acceptors (Lipinski definition) is 10. The molecule has 5 aromatic rings. The molecular formula is C34H23NaO11. The Balaban J connectivity index is 0.000000208. The van der Waals surface area contributed by atoms with Crippen LogP contribution in [0.4, 0.5) is 0 Å². The second-order valence-corrected chi connectivity index (χ2v) is 9.96. The van der Waals surface area contributed by atoms with Crippen molar-refractivity contribution < 1.29 is 84.4 Å². The summed E-state index contributed by atoms with van der Waals surface area (Å²) >= 11 is 0. The second-order valence-electron chi connectivity index (χ2n) is 9.96. The Hall–Kier alpha value is -5.33. The molecule has 1 spiro atoms. The molecule has 0 atom stereocenters. The average Bonchev–Trinajstić information content (AvgIpc) is 3.29. The van der Waals surface area contributed by atoms with E-state index in [9.17, 15) is 29.7 Å². The molecule has 0 saturated carbocycles. The molecule has 11 nitrogen and oxygen atoms in total. The second kappa shape index (κ2) is 13.0. The zero-order chi connectivity index (χ0) is 31.2. The number of carbonyl (C=O) groups is 3. The molecule has 0 unspecified atom stereocenters. The number of carboxylic acids is 1. The summed E-state index contributed by atoms with van der Waals surface area (Å²) in [5, 5.41) is 47.5. The summed E-state index contributed by atoms with van der Waals surface area (Å²) < 4.78 is 11.8. The van der Waals surface area contributed by atoms with Crippen molar-refractivity contribution in [2.75, 3.05) is 0 Å². The fourth-order valence-electron chi connectivity index (χ4n) is 5.38. The first-order valence-corrected chi connectivity index (χ1v) is 13.2. The van der Waals surface area contributed by atoms with E-state index in [4.69, 9.17) is 19.7 Å². The molecule has 0 radical (unpaired) electrons. The van der Waals surface area contributed by atoms with Gasteiger partial charge in [-0.05, 0) is 48.5 Å². The number of aromatic carboxylic acids is 1. The van der Waals surface area contributed by atoms with Gasteiger partial charge in [-0.25, -0.2) is 9.59 Å². The van der Waals surface area contributed by atoms with Crippen LogP contribution in [0.15, 0.2) is 103 Å². The van der Waals surface area contributed by atoms with Gasteiger partial charge in [0.05, 0.1) is 16.7 Å². The number of phenols is 4. The van der Waals surface area contributed by atoms with Crippen LogP contribution >= 0.6 is 0 Å². The summed E-state index contributed by atoms with van der Waals surface area (Å²) in [6, 6.07) is 25.8. The summed E-state index contributed by atoms with van der Waals surface area (Å²) in [6.07, 6.45) is 0. The summed E-state index contributed by atoms with van der Waals surface area (Å²) in [5.74, 6) is -2.01. The molecule has 0 aliphatic carbocycles. The summed E-state index contributed by atoms with van der Waals surface area (Å²) in [6.45, 7) is 0. The molecule has 46 heavy (non-hydrogen) atoms. The zero-order valence-electron chi connectivity index (χ0n) is 24.0. The minimum atomic E-state index is -1.22. The Morgan fingerprint density at radius 1 is 0.609 bits per heavy atom. The van der Waals surface area contributed by atoms with Crippen molar-refractivity contribution >= 4 is 17.7 Å². The van der Waals surface area contributed by atoms with Gasteiger partial charge < -0.3 is 40.5 Å². The van der Waals surface area contributed by atoms with Crippen molar-refractivity contribution in [2.24, 2.45) is 0 Å². The third-order valence-electron chi connectivity index (χ3n) is 7.31. The maximum Gasteiger partial charge on any atom is 1.00 e. The van der Waals surface area contributed by atoms with Crippen molar-refractivity contribution in [3.63, 3.8) is 0 Å². The number of ketones is 1. The number of rotatable bonds is 3. The van der Waals surface area contributed by atoms with Crippen molar-refractivity contribution in [3.05, 3.63) is 142 Å². The standard InChI is InChI=1S/C20H12O5.C14H10O5.Na.H2O/c21-11-5-7-15-17(9-11)24-18-10-12(22)6-8-16(18)20(15)14-4-2-1-3-13(14)19(23)25-20;15-8-5-6-11(12(16)7-8)13(17)9-3-1-2-4-10(9)14(18)19;;/h1-10,21-22H;1-7,15-16H,(H,18,19);;1H2/q;;+1;/p-1. The molecule has 7 rings (SSSR count). The van der Waals surface area contributed by atoms with Gasteiger partial charge in [-0.2, -0.15) is 0 Å². The van der Waals surface area contributed by atoms with E-state index in [2.05, 4.69) is 0 Å². The first kappa shape index (κ1) is 33.6. The zero-order valence-corrected chi connectivity index (χ0v) is 26.0. The number of aromatic hydroxyl groups is 4. The van der Waals surface area contributed by atoms with Gasteiger partial charge in [0.15, 0.2) is 11.4 Å². The molecule has 12 heteroatoms. The Kier molecular flexibility index (Phi) is 9.45. The topological polar surface area (TPSA) is 201 Å². The Bertz CT molecular complexity index is 1950. The third kappa shape index (κ3) is 5.64. The fraction of sp³-hybridized carbons (Fsp3) is 0.0294. The predicted molar refractivity (Wildman–Crippen MR) is 157 cm³/mol. The molecule has 0 aromatic heterocycles. The van der Waals surface area contributed by atoms with Crippen molar-refractivity contribution in [1.82, 2.24) is 0 Å². The number of carboxylic acid groups (broad SMARTS) is 1. The van der Waals surface area contributed by atoms with Crippen LogP contribution in [0.25, 0.3) is 0 Å². The molecule has 6 N–H and O–H groups in total. The van der Waals surface area contributed by atoms with Crippen molar-refractivity contribution in [3.8, 4) is 34.5 Å². The van der Waals surface area contributed by atoms with Crippen LogP contribution in [0.2, 0.25) is 0 Å². The summed E-state index contributed by atoms with van der Waals surface area (Å²) in [7, 11) is 0. The summed E-state index contributed by atoms with van der Waals surface area (Å²) in [4.78, 5) is 35.8. The van der Waals surface area contributed by atoms with E-state index in [1.165, 1.54) is 60.7 Å². The largest absolute Gasteiger partial charge is 1.00 e. The van der Waals surface area contributed by atoms with E-state index in [0.29, 0.717) is 33.8 Å². The molecule has 2 aliphatic rings. The van der Waals surface area contributed by atoms with Crippen molar-refractivity contribution in [1.29, 1.82) is 0 Å². The number of hydrogen-bond donors (Lipinski definition) is 5. The summed E-state index contributed by atoms with van der Waals surface area (Å²) in [5.41, 5.74) is 1.06. The van der Waals surface area contributed by atoms with Crippen LogP contribution in [-0.2, 0) is 10.3 Å². The van der Waals surface area contributed by atoms with Gasteiger partial charge in [0.2, 0.25) is 0 Å². The van der Waals surface area contributed by atoms with Gasteiger partial charge in [0, 0.05) is 40.5 Å². The molecule has 0 bridgehead atoms. The van der Waals surface area contributed by atoms with Gasteiger partial charge in [-0.3, -0.25) is 4.79 Å². The Labute approximate surface area is 283 Å². The van der Waals surface area contributed by atoms with Gasteiger partial charge in [-0.1, -0.05) is 36.4 Å². The van der Waals surface area contributed by atoms with E-state index in [1.807, 2.05) is 12.1 Å². The van der Waals surface area contributed by atoms with E-state index in [-0.39, 0.29) is 69.0 Å². The molecule has 2 heterocycles. The van der Waals surface area contributed by atoms with Crippen LogP contribution < -0.4 is 34.3 Å². The van der Waals surface area contributed by atoms with Crippen LogP contribution in [0, 0.1) is 0 Å². The SMILES string of the molecule is O=C(O)c1ccccc1C(=O)c1ccc(O)cc1O.O=C1OC2(c3ccc(O)cc3Oc3cc(O)ccc32)c2ccccc21.[Na+].[OH-]. The Morgan fingerprint density at radius 3 is 1.72 bits per heavy atom. The molecule has 5 aromatic carbocycles. The molecule has 226 valence electrons. The average molecular weight is 631 g/mol. The number of benzene rings is 5. The minimum absolute atomic E-state index is 0. The van der Waals surface area contributed by atoms with Gasteiger partial charge in [0.25, 0.3) is 0 Å². The normalized spacial score (nSPS) is 12.7. The number of esters is 1. The molecule has 0 fully saturated rings. The van der Waals surface area contributed by atoms with Gasteiger partial charge in [-0.15, -0.1) is 0 Å².